The van der Waals surface area contributed by atoms with Crippen molar-refractivity contribution >= 4 is 11.6 Å². The lowest BCUT2D eigenvalue weighted by Gasteiger charge is -2.14. The van der Waals surface area contributed by atoms with Gasteiger partial charge in [0, 0.05) is 12.1 Å². The summed E-state index contributed by atoms with van der Waals surface area (Å²) in [6, 6.07) is 0. The van der Waals surface area contributed by atoms with Gasteiger partial charge in [0.25, 0.3) is 0 Å². The number of rotatable bonds is 5. The molecule has 1 unspecified atom stereocenters. The molecule has 16 heavy (non-hydrogen) atoms. The van der Waals surface area contributed by atoms with Gasteiger partial charge in [0.1, 0.15) is 18.0 Å². The number of nitrogens with zero attached hydrogens (tertiary/aromatic N) is 2. The summed E-state index contributed by atoms with van der Waals surface area (Å²) in [5.74, 6) is 8.53. The number of aromatic nitrogens is 2. The highest BCUT2D eigenvalue weighted by molar-refractivity contribution is 5.55. The van der Waals surface area contributed by atoms with Crippen LogP contribution in [0.2, 0.25) is 0 Å². The molecular formula is C11H19N5. The summed E-state index contributed by atoms with van der Waals surface area (Å²) in [4.78, 5) is 8.27. The molecule has 88 valence electrons. The third-order valence-corrected chi connectivity index (χ3v) is 3.24. The molecule has 1 heterocycles. The molecular weight excluding hydrogens is 202 g/mol. The third-order valence-electron chi connectivity index (χ3n) is 3.24. The Balaban J connectivity index is 1.97. The van der Waals surface area contributed by atoms with Crippen molar-refractivity contribution in [1.82, 2.24) is 9.97 Å². The smallest absolute Gasteiger partial charge is 0.148 e. The molecule has 1 saturated carbocycles. The molecule has 1 aromatic rings. The van der Waals surface area contributed by atoms with Crippen LogP contribution in [0, 0.1) is 18.8 Å². The van der Waals surface area contributed by atoms with Crippen molar-refractivity contribution in [1.29, 1.82) is 0 Å². The summed E-state index contributed by atoms with van der Waals surface area (Å²) in [6.45, 7) is 5.20. The predicted molar refractivity (Wildman–Crippen MR) is 65.0 cm³/mol. The Labute approximate surface area is 95.8 Å². The monoisotopic (exact) mass is 221 g/mol. The fourth-order valence-corrected chi connectivity index (χ4v) is 1.86. The lowest BCUT2D eigenvalue weighted by atomic mass is 10.1. The largest absolute Gasteiger partial charge is 0.369 e. The van der Waals surface area contributed by atoms with Gasteiger partial charge in [0.05, 0.1) is 0 Å². The second kappa shape index (κ2) is 4.65. The molecule has 0 radical (unpaired) electrons. The average Bonchev–Trinajstić information content (AvgIpc) is 3.11. The molecule has 0 spiro atoms. The maximum Gasteiger partial charge on any atom is 0.148 e. The van der Waals surface area contributed by atoms with Crippen LogP contribution in [-0.2, 0) is 0 Å². The molecule has 0 aromatic carbocycles. The van der Waals surface area contributed by atoms with E-state index in [1.54, 1.807) is 0 Å². The minimum Gasteiger partial charge on any atom is -0.369 e. The Bertz CT molecular complexity index is 361. The van der Waals surface area contributed by atoms with Crippen LogP contribution in [0.25, 0.3) is 0 Å². The lowest BCUT2D eigenvalue weighted by Crippen LogP contribution is -2.16. The minimum atomic E-state index is 0.677. The average molecular weight is 221 g/mol. The second-order valence-electron chi connectivity index (χ2n) is 4.54. The van der Waals surface area contributed by atoms with Crippen LogP contribution < -0.4 is 16.6 Å². The zero-order valence-corrected chi connectivity index (χ0v) is 9.83. The minimum absolute atomic E-state index is 0.677. The predicted octanol–water partition coefficient (Wildman–Crippen LogP) is 1.53. The van der Waals surface area contributed by atoms with E-state index in [0.29, 0.717) is 11.7 Å². The van der Waals surface area contributed by atoms with Gasteiger partial charge in [0.2, 0.25) is 0 Å². The second-order valence-corrected chi connectivity index (χ2v) is 4.54. The summed E-state index contributed by atoms with van der Waals surface area (Å²) in [7, 11) is 0. The molecule has 0 bridgehead atoms. The van der Waals surface area contributed by atoms with Crippen molar-refractivity contribution in [2.45, 2.75) is 26.7 Å². The first-order chi connectivity index (χ1) is 7.72. The molecule has 4 N–H and O–H groups in total. The van der Waals surface area contributed by atoms with Gasteiger partial charge in [-0.05, 0) is 31.6 Å². The van der Waals surface area contributed by atoms with E-state index in [2.05, 4.69) is 27.6 Å². The molecule has 1 aromatic heterocycles. The van der Waals surface area contributed by atoms with Gasteiger partial charge in [-0.3, -0.25) is 0 Å². The quantitative estimate of drug-likeness (QED) is 0.519. The van der Waals surface area contributed by atoms with E-state index in [-0.39, 0.29) is 0 Å². The Hall–Kier alpha value is -1.36. The van der Waals surface area contributed by atoms with E-state index >= 15 is 0 Å². The molecule has 1 atom stereocenters. The number of nitrogens with two attached hydrogens (primary N) is 1. The van der Waals surface area contributed by atoms with Gasteiger partial charge < -0.3 is 10.7 Å². The summed E-state index contributed by atoms with van der Waals surface area (Å²) >= 11 is 0. The van der Waals surface area contributed by atoms with Crippen molar-refractivity contribution in [3.63, 3.8) is 0 Å². The highest BCUT2D eigenvalue weighted by Crippen LogP contribution is 2.36. The maximum absolute atomic E-state index is 5.37. The first-order valence-corrected chi connectivity index (χ1v) is 5.74. The highest BCUT2D eigenvalue weighted by atomic mass is 15.3. The normalized spacial score (nSPS) is 16.9. The van der Waals surface area contributed by atoms with Crippen molar-refractivity contribution in [3.05, 3.63) is 11.9 Å². The zero-order chi connectivity index (χ0) is 11.5. The van der Waals surface area contributed by atoms with E-state index in [9.17, 15) is 0 Å². The summed E-state index contributed by atoms with van der Waals surface area (Å²) < 4.78 is 0. The molecule has 5 nitrogen and oxygen atoms in total. The van der Waals surface area contributed by atoms with E-state index in [4.69, 9.17) is 5.84 Å². The van der Waals surface area contributed by atoms with Crippen LogP contribution in [-0.4, -0.2) is 16.5 Å². The lowest BCUT2D eigenvalue weighted by molar-refractivity contribution is 0.535. The Morgan fingerprint density at radius 2 is 2.12 bits per heavy atom. The number of nitrogen functional groups attached to an aromatic ring is 1. The van der Waals surface area contributed by atoms with Gasteiger partial charge in [-0.2, -0.15) is 0 Å². The van der Waals surface area contributed by atoms with Crippen LogP contribution in [0.5, 0.6) is 0 Å². The van der Waals surface area contributed by atoms with E-state index in [1.807, 2.05) is 6.92 Å². The third kappa shape index (κ3) is 2.41. The highest BCUT2D eigenvalue weighted by Gasteiger charge is 2.27. The van der Waals surface area contributed by atoms with E-state index in [0.717, 1.165) is 23.8 Å². The number of nitrogens with one attached hydrogen (secondary N) is 2. The number of hydrazine groups is 1. The standard InChI is InChI=1S/C11H19N5/c1-7(9-3-4-9)5-13-10-8(2)11(16-12)15-6-14-10/h6-7,9H,3-5,12H2,1-2H3,(H2,13,14,15,16). The van der Waals surface area contributed by atoms with Crippen molar-refractivity contribution < 1.29 is 0 Å². The topological polar surface area (TPSA) is 75.9 Å². The fraction of sp³-hybridized carbons (Fsp3) is 0.636. The number of hydrogen-bond acceptors (Lipinski definition) is 5. The fourth-order valence-electron chi connectivity index (χ4n) is 1.86. The van der Waals surface area contributed by atoms with Crippen LogP contribution in [0.3, 0.4) is 0 Å². The van der Waals surface area contributed by atoms with Crippen LogP contribution >= 0.6 is 0 Å². The van der Waals surface area contributed by atoms with Gasteiger partial charge in [0.15, 0.2) is 0 Å². The Morgan fingerprint density at radius 1 is 1.44 bits per heavy atom. The zero-order valence-electron chi connectivity index (χ0n) is 9.83. The molecule has 2 rings (SSSR count). The Kier molecular flexibility index (Phi) is 3.24. The Morgan fingerprint density at radius 3 is 2.75 bits per heavy atom. The van der Waals surface area contributed by atoms with Crippen LogP contribution in [0.4, 0.5) is 11.6 Å². The number of anilines is 2. The molecule has 1 aliphatic carbocycles. The molecule has 0 saturated heterocycles. The van der Waals surface area contributed by atoms with E-state index in [1.165, 1.54) is 19.2 Å². The van der Waals surface area contributed by atoms with Crippen molar-refractivity contribution in [2.24, 2.45) is 17.7 Å². The van der Waals surface area contributed by atoms with Gasteiger partial charge in [-0.25, -0.2) is 15.8 Å². The van der Waals surface area contributed by atoms with Gasteiger partial charge in [-0.15, -0.1) is 0 Å². The molecule has 0 amide bonds. The number of hydrogen-bond donors (Lipinski definition) is 3. The maximum atomic E-state index is 5.37. The SMILES string of the molecule is Cc1c(NN)ncnc1NCC(C)C1CC1. The summed E-state index contributed by atoms with van der Waals surface area (Å²) in [5.41, 5.74) is 3.53. The van der Waals surface area contributed by atoms with E-state index < -0.39 is 0 Å². The molecule has 1 aliphatic rings. The van der Waals surface area contributed by atoms with Crippen molar-refractivity contribution in [2.75, 3.05) is 17.3 Å². The van der Waals surface area contributed by atoms with Crippen LogP contribution in [0.15, 0.2) is 6.33 Å². The van der Waals surface area contributed by atoms with Gasteiger partial charge in [-0.1, -0.05) is 6.92 Å². The summed E-state index contributed by atoms with van der Waals surface area (Å²) in [6.07, 6.45) is 4.27. The van der Waals surface area contributed by atoms with Crippen molar-refractivity contribution in [3.8, 4) is 0 Å². The molecule has 1 fully saturated rings. The van der Waals surface area contributed by atoms with Gasteiger partial charge >= 0.3 is 0 Å². The molecule has 0 aliphatic heterocycles. The summed E-state index contributed by atoms with van der Waals surface area (Å²) in [5, 5.41) is 3.36. The first kappa shape index (κ1) is 11.1. The first-order valence-electron chi connectivity index (χ1n) is 5.74. The van der Waals surface area contributed by atoms with Crippen LogP contribution in [0.1, 0.15) is 25.3 Å². The molecule has 5 heteroatoms.